The van der Waals surface area contributed by atoms with Gasteiger partial charge in [0.15, 0.2) is 0 Å². The number of nitrogens with zero attached hydrogens (tertiary/aromatic N) is 3. The summed E-state index contributed by atoms with van der Waals surface area (Å²) >= 11 is 0. The van der Waals surface area contributed by atoms with E-state index in [1.165, 1.54) is 0 Å². The summed E-state index contributed by atoms with van der Waals surface area (Å²) < 4.78 is 55.9. The van der Waals surface area contributed by atoms with Gasteiger partial charge in [-0.25, -0.2) is 4.98 Å². The average Bonchev–Trinajstić information content (AvgIpc) is 2.78. The lowest BCUT2D eigenvalue weighted by Crippen LogP contribution is -2.24. The molecule has 1 saturated heterocycles. The predicted molar refractivity (Wildman–Crippen MR) is 113 cm³/mol. The minimum atomic E-state index is -4.46. The van der Waals surface area contributed by atoms with Gasteiger partial charge in [-0.3, -0.25) is 0 Å². The van der Waals surface area contributed by atoms with E-state index in [-0.39, 0.29) is 23.9 Å². The Labute approximate surface area is 185 Å². The molecule has 3 rings (SSSR count). The van der Waals surface area contributed by atoms with Crippen molar-refractivity contribution in [1.82, 2.24) is 15.0 Å². The van der Waals surface area contributed by atoms with Gasteiger partial charge in [0, 0.05) is 38.5 Å². The molecule has 32 heavy (non-hydrogen) atoms. The molecule has 7 nitrogen and oxygen atoms in total. The number of pyridine rings is 1. The number of anilines is 2. The maximum absolute atomic E-state index is 13.1. The van der Waals surface area contributed by atoms with Gasteiger partial charge in [0.2, 0.25) is 0 Å². The summed E-state index contributed by atoms with van der Waals surface area (Å²) in [4.78, 5) is 13.0. The molecule has 1 atom stereocenters. The molecule has 0 aromatic carbocycles. The summed E-state index contributed by atoms with van der Waals surface area (Å²) in [6, 6.07) is 3.78. The lowest BCUT2D eigenvalue weighted by Gasteiger charge is -2.23. The van der Waals surface area contributed by atoms with Crippen LogP contribution >= 0.6 is 0 Å². The van der Waals surface area contributed by atoms with E-state index in [0.717, 1.165) is 56.1 Å². The van der Waals surface area contributed by atoms with Gasteiger partial charge in [-0.15, -0.1) is 0 Å². The zero-order chi connectivity index (χ0) is 23.0. The highest BCUT2D eigenvalue weighted by Gasteiger charge is 2.31. The van der Waals surface area contributed by atoms with E-state index in [2.05, 4.69) is 27.2 Å². The summed E-state index contributed by atoms with van der Waals surface area (Å²) in [5.74, 6) is 0.525. The zero-order valence-electron chi connectivity index (χ0n) is 18.3. The van der Waals surface area contributed by atoms with E-state index in [9.17, 15) is 13.2 Å². The van der Waals surface area contributed by atoms with E-state index < -0.39 is 11.7 Å². The first-order valence-corrected chi connectivity index (χ1v) is 10.8. The van der Waals surface area contributed by atoms with Gasteiger partial charge < -0.3 is 19.5 Å². The smallest absolute Gasteiger partial charge is 0.416 e. The molecule has 0 spiro atoms. The van der Waals surface area contributed by atoms with Crippen molar-refractivity contribution in [3.8, 4) is 6.01 Å². The van der Waals surface area contributed by atoms with E-state index in [4.69, 9.17) is 14.2 Å². The van der Waals surface area contributed by atoms with Crippen LogP contribution in [0, 0.1) is 0 Å². The van der Waals surface area contributed by atoms with Crippen LogP contribution in [-0.2, 0) is 15.7 Å². The van der Waals surface area contributed by atoms with Crippen LogP contribution in [0.3, 0.4) is 0 Å². The first-order valence-electron chi connectivity index (χ1n) is 10.8. The van der Waals surface area contributed by atoms with Crippen LogP contribution in [0.1, 0.15) is 56.2 Å². The van der Waals surface area contributed by atoms with E-state index in [1.54, 1.807) is 13.2 Å². The number of hydrogen-bond acceptors (Lipinski definition) is 7. The fraction of sp³-hybridized carbons (Fsp3) is 0.591. The summed E-state index contributed by atoms with van der Waals surface area (Å²) in [5.41, 5.74) is -0.0238. The molecule has 1 aliphatic rings. The van der Waals surface area contributed by atoms with Crippen LogP contribution in [0.5, 0.6) is 6.01 Å². The lowest BCUT2D eigenvalue weighted by atomic mass is 9.96. The molecule has 3 heterocycles. The molecule has 176 valence electrons. The predicted octanol–water partition coefficient (Wildman–Crippen LogP) is 5.11. The molecule has 1 aliphatic heterocycles. The molecular weight excluding hydrogens is 425 g/mol. The number of halogens is 3. The van der Waals surface area contributed by atoms with Gasteiger partial charge in [0.1, 0.15) is 17.7 Å². The highest BCUT2D eigenvalue weighted by Crippen LogP contribution is 2.32. The van der Waals surface area contributed by atoms with E-state index in [1.807, 2.05) is 0 Å². The molecular formula is C22H29F3N4O3. The normalized spacial score (nSPS) is 16.0. The van der Waals surface area contributed by atoms with Crippen molar-refractivity contribution in [2.75, 3.05) is 32.2 Å². The number of ether oxygens (including phenoxy) is 3. The van der Waals surface area contributed by atoms with E-state index in [0.29, 0.717) is 25.6 Å². The van der Waals surface area contributed by atoms with Crippen molar-refractivity contribution in [1.29, 1.82) is 0 Å². The highest BCUT2D eigenvalue weighted by atomic mass is 19.4. The van der Waals surface area contributed by atoms with Crippen LogP contribution in [0.15, 0.2) is 24.4 Å². The fourth-order valence-electron chi connectivity index (χ4n) is 3.51. The average molecular weight is 454 g/mol. The third kappa shape index (κ3) is 7.03. The maximum Gasteiger partial charge on any atom is 0.416 e. The van der Waals surface area contributed by atoms with E-state index >= 15 is 0 Å². The minimum Gasteiger partial charge on any atom is -0.458 e. The zero-order valence-corrected chi connectivity index (χ0v) is 18.3. The second kappa shape index (κ2) is 11.4. The SMILES string of the molecule is CCCC[C@H](COC)Oc1nc(Nc2cc(C(F)(F)F)ccn2)cc(C2CCOCC2)n1. The van der Waals surface area contributed by atoms with Gasteiger partial charge in [-0.1, -0.05) is 13.3 Å². The number of nitrogens with one attached hydrogen (secondary N) is 1. The maximum atomic E-state index is 13.1. The first kappa shape index (κ1) is 24.2. The molecule has 10 heteroatoms. The molecule has 0 saturated carbocycles. The van der Waals surface area contributed by atoms with Crippen molar-refractivity contribution in [3.05, 3.63) is 35.7 Å². The minimum absolute atomic E-state index is 0.0434. The molecule has 2 aromatic heterocycles. The van der Waals surface area contributed by atoms with Crippen molar-refractivity contribution in [2.45, 2.75) is 57.2 Å². The molecule has 0 aliphatic carbocycles. The standard InChI is InChI=1S/C22H29F3N4O3/c1-3-4-5-17(14-30-2)32-21-27-18(15-7-10-31-11-8-15)13-20(29-21)28-19-12-16(6-9-26-19)22(23,24)25/h6,9,12-13,15,17H,3-5,7-8,10-11,14H2,1-2H3,(H,26,27,28,29)/t17-/m1/s1. The van der Waals surface area contributed by atoms with Crippen LogP contribution in [-0.4, -0.2) is 48.0 Å². The Morgan fingerprint density at radius 1 is 1.19 bits per heavy atom. The Kier molecular flexibility index (Phi) is 8.63. The second-order valence-corrected chi connectivity index (χ2v) is 7.74. The van der Waals surface area contributed by atoms with Crippen molar-refractivity contribution < 1.29 is 27.4 Å². The molecule has 0 radical (unpaired) electrons. The van der Waals surface area contributed by atoms with Crippen LogP contribution in [0.2, 0.25) is 0 Å². The summed E-state index contributed by atoms with van der Waals surface area (Å²) in [7, 11) is 1.61. The number of hydrogen-bond donors (Lipinski definition) is 1. The third-order valence-corrected chi connectivity index (χ3v) is 5.21. The Hall–Kier alpha value is -2.46. The monoisotopic (exact) mass is 454 g/mol. The topological polar surface area (TPSA) is 78.4 Å². The molecule has 2 aromatic rings. The van der Waals surface area contributed by atoms with Crippen molar-refractivity contribution in [2.24, 2.45) is 0 Å². The molecule has 1 fully saturated rings. The van der Waals surface area contributed by atoms with Gasteiger partial charge >= 0.3 is 12.2 Å². The van der Waals surface area contributed by atoms with Crippen LogP contribution in [0.4, 0.5) is 24.8 Å². The molecule has 0 unspecified atom stereocenters. The molecule has 1 N–H and O–H groups in total. The number of rotatable bonds is 10. The lowest BCUT2D eigenvalue weighted by molar-refractivity contribution is -0.137. The Balaban J connectivity index is 1.88. The van der Waals surface area contributed by atoms with Gasteiger partial charge in [-0.2, -0.15) is 23.1 Å². The van der Waals surface area contributed by atoms with Gasteiger partial charge in [0.05, 0.1) is 17.9 Å². The quantitative estimate of drug-likeness (QED) is 0.534. The molecule has 0 bridgehead atoms. The Morgan fingerprint density at radius 3 is 2.66 bits per heavy atom. The summed E-state index contributed by atoms with van der Waals surface area (Å²) in [5, 5.41) is 2.88. The van der Waals surface area contributed by atoms with Crippen molar-refractivity contribution >= 4 is 11.6 Å². The first-order chi connectivity index (χ1) is 15.4. The van der Waals surface area contributed by atoms with Gasteiger partial charge in [0.25, 0.3) is 0 Å². The number of aromatic nitrogens is 3. The number of alkyl halides is 3. The Bertz CT molecular complexity index is 861. The summed E-state index contributed by atoms with van der Waals surface area (Å²) in [6.07, 6.45) is 0.802. The molecule has 0 amide bonds. The third-order valence-electron chi connectivity index (χ3n) is 5.21. The van der Waals surface area contributed by atoms with Gasteiger partial charge in [-0.05, 0) is 37.8 Å². The van der Waals surface area contributed by atoms with Crippen LogP contribution < -0.4 is 10.1 Å². The summed E-state index contributed by atoms with van der Waals surface area (Å²) in [6.45, 7) is 3.75. The Morgan fingerprint density at radius 2 is 1.97 bits per heavy atom. The second-order valence-electron chi connectivity index (χ2n) is 7.74. The fourth-order valence-corrected chi connectivity index (χ4v) is 3.51. The van der Waals surface area contributed by atoms with Crippen molar-refractivity contribution in [3.63, 3.8) is 0 Å². The number of methoxy groups -OCH3 is 1. The largest absolute Gasteiger partial charge is 0.458 e. The number of unbranched alkanes of at least 4 members (excludes halogenated alkanes) is 1. The van der Waals surface area contributed by atoms with Crippen LogP contribution in [0.25, 0.3) is 0 Å². The highest BCUT2D eigenvalue weighted by molar-refractivity contribution is 5.53.